The second kappa shape index (κ2) is 7.44. The van der Waals surface area contributed by atoms with Crippen molar-refractivity contribution in [3.05, 3.63) is 81.9 Å². The maximum Gasteiger partial charge on any atom is 0.256 e. The standard InChI is InChI=1S/C19H15ClF3N3O/c1-10(12-3-8-15(22)16(23)9-12)24-19(27)17-11(2)25-26(18(17)20)14-6-4-13(21)5-7-14/h3-10H,1-2H3,(H,24,27). The number of aromatic nitrogens is 2. The van der Waals surface area contributed by atoms with Gasteiger partial charge in [-0.25, -0.2) is 17.9 Å². The van der Waals surface area contributed by atoms with Crippen LogP contribution in [0.1, 0.15) is 34.6 Å². The minimum absolute atomic E-state index is 0.0640. The van der Waals surface area contributed by atoms with Crippen molar-refractivity contribution >= 4 is 17.5 Å². The Hall–Kier alpha value is -2.80. The number of carbonyl (C=O) groups excluding carboxylic acids is 1. The first-order valence-corrected chi connectivity index (χ1v) is 8.42. The number of hydrogen-bond donors (Lipinski definition) is 1. The lowest BCUT2D eigenvalue weighted by Crippen LogP contribution is -2.27. The van der Waals surface area contributed by atoms with Gasteiger partial charge in [-0.2, -0.15) is 5.10 Å². The Bertz CT molecular complexity index is 1000. The second-order valence-corrected chi connectivity index (χ2v) is 6.37. The number of nitrogens with zero attached hydrogens (tertiary/aromatic N) is 2. The highest BCUT2D eigenvalue weighted by molar-refractivity contribution is 6.33. The fourth-order valence-corrected chi connectivity index (χ4v) is 3.00. The Balaban J connectivity index is 1.86. The van der Waals surface area contributed by atoms with E-state index in [1.54, 1.807) is 13.8 Å². The highest BCUT2D eigenvalue weighted by Crippen LogP contribution is 2.25. The summed E-state index contributed by atoms with van der Waals surface area (Å²) in [6, 6.07) is 8.31. The Morgan fingerprint density at radius 3 is 2.41 bits per heavy atom. The quantitative estimate of drug-likeness (QED) is 0.695. The SMILES string of the molecule is Cc1nn(-c2ccc(F)cc2)c(Cl)c1C(=O)NC(C)c1ccc(F)c(F)c1. The van der Waals surface area contributed by atoms with Crippen molar-refractivity contribution in [1.29, 1.82) is 0 Å². The summed E-state index contributed by atoms with van der Waals surface area (Å²) in [5.41, 5.74) is 1.42. The van der Waals surface area contributed by atoms with Crippen molar-refractivity contribution in [2.45, 2.75) is 19.9 Å². The lowest BCUT2D eigenvalue weighted by molar-refractivity contribution is 0.0939. The van der Waals surface area contributed by atoms with Gasteiger partial charge in [-0.3, -0.25) is 4.79 Å². The number of hydrogen-bond acceptors (Lipinski definition) is 2. The highest BCUT2D eigenvalue weighted by atomic mass is 35.5. The summed E-state index contributed by atoms with van der Waals surface area (Å²) in [5, 5.41) is 6.98. The van der Waals surface area contributed by atoms with Crippen molar-refractivity contribution in [3.63, 3.8) is 0 Å². The predicted octanol–water partition coefficient (Wildman–Crippen LogP) is 4.74. The molecule has 1 heterocycles. The summed E-state index contributed by atoms with van der Waals surface area (Å²) in [7, 11) is 0. The molecule has 1 unspecified atom stereocenters. The average Bonchev–Trinajstić information content (AvgIpc) is 2.92. The molecule has 0 fully saturated rings. The van der Waals surface area contributed by atoms with Gasteiger partial charge in [0.1, 0.15) is 11.0 Å². The molecule has 140 valence electrons. The molecule has 0 bridgehead atoms. The van der Waals surface area contributed by atoms with E-state index < -0.39 is 29.4 Å². The summed E-state index contributed by atoms with van der Waals surface area (Å²) in [6.07, 6.45) is 0. The molecule has 0 radical (unpaired) electrons. The normalized spacial score (nSPS) is 12.1. The molecular weight excluding hydrogens is 379 g/mol. The average molecular weight is 394 g/mol. The zero-order valence-corrected chi connectivity index (χ0v) is 15.2. The van der Waals surface area contributed by atoms with Crippen LogP contribution in [0.4, 0.5) is 13.2 Å². The lowest BCUT2D eigenvalue weighted by atomic mass is 10.1. The Morgan fingerprint density at radius 1 is 1.11 bits per heavy atom. The van der Waals surface area contributed by atoms with Gasteiger partial charge in [-0.05, 0) is 55.8 Å². The molecule has 0 aliphatic rings. The molecule has 0 saturated carbocycles. The minimum atomic E-state index is -0.994. The molecule has 4 nitrogen and oxygen atoms in total. The van der Waals surface area contributed by atoms with Crippen LogP contribution in [-0.2, 0) is 0 Å². The van der Waals surface area contributed by atoms with Gasteiger partial charge < -0.3 is 5.32 Å². The summed E-state index contributed by atoms with van der Waals surface area (Å²) >= 11 is 6.31. The third-order valence-corrected chi connectivity index (χ3v) is 4.44. The Kier molecular flexibility index (Phi) is 5.23. The van der Waals surface area contributed by atoms with Crippen LogP contribution in [-0.4, -0.2) is 15.7 Å². The van der Waals surface area contributed by atoms with E-state index >= 15 is 0 Å². The van der Waals surface area contributed by atoms with Crippen LogP contribution < -0.4 is 5.32 Å². The van der Waals surface area contributed by atoms with Crippen LogP contribution in [0.2, 0.25) is 5.15 Å². The van der Waals surface area contributed by atoms with E-state index in [9.17, 15) is 18.0 Å². The minimum Gasteiger partial charge on any atom is -0.345 e. The fraction of sp³-hybridized carbons (Fsp3) is 0.158. The van der Waals surface area contributed by atoms with Crippen LogP contribution in [0, 0.1) is 24.4 Å². The van der Waals surface area contributed by atoms with Gasteiger partial charge in [0, 0.05) is 0 Å². The first-order chi connectivity index (χ1) is 12.8. The topological polar surface area (TPSA) is 46.9 Å². The van der Waals surface area contributed by atoms with Gasteiger partial charge in [0.05, 0.1) is 23.0 Å². The Labute approximate surface area is 158 Å². The third-order valence-electron chi connectivity index (χ3n) is 4.09. The van der Waals surface area contributed by atoms with Gasteiger partial charge >= 0.3 is 0 Å². The van der Waals surface area contributed by atoms with E-state index in [1.807, 2.05) is 0 Å². The van der Waals surface area contributed by atoms with Crippen molar-refractivity contribution in [2.24, 2.45) is 0 Å². The molecule has 3 aromatic rings. The maximum atomic E-state index is 13.4. The molecule has 2 aromatic carbocycles. The van der Waals surface area contributed by atoms with Crippen molar-refractivity contribution < 1.29 is 18.0 Å². The first kappa shape index (κ1) is 19.0. The number of aryl methyl sites for hydroxylation is 1. The molecule has 1 amide bonds. The van der Waals surface area contributed by atoms with Crippen LogP contribution in [0.5, 0.6) is 0 Å². The maximum absolute atomic E-state index is 13.4. The van der Waals surface area contributed by atoms with Crippen molar-refractivity contribution in [2.75, 3.05) is 0 Å². The van der Waals surface area contributed by atoms with E-state index in [1.165, 1.54) is 35.0 Å². The molecule has 1 atom stereocenters. The summed E-state index contributed by atoms with van der Waals surface area (Å²) in [5.74, 6) is -2.87. The van der Waals surface area contributed by atoms with Gasteiger partial charge in [0.25, 0.3) is 5.91 Å². The fourth-order valence-electron chi connectivity index (χ4n) is 2.64. The number of carbonyl (C=O) groups is 1. The lowest BCUT2D eigenvalue weighted by Gasteiger charge is -2.14. The van der Waals surface area contributed by atoms with Gasteiger partial charge in [-0.1, -0.05) is 17.7 Å². The molecule has 1 N–H and O–H groups in total. The smallest absolute Gasteiger partial charge is 0.256 e. The first-order valence-electron chi connectivity index (χ1n) is 8.04. The van der Waals surface area contributed by atoms with E-state index in [2.05, 4.69) is 10.4 Å². The predicted molar refractivity (Wildman–Crippen MR) is 95.5 cm³/mol. The molecule has 27 heavy (non-hydrogen) atoms. The van der Waals surface area contributed by atoms with Crippen LogP contribution in [0.25, 0.3) is 5.69 Å². The largest absolute Gasteiger partial charge is 0.345 e. The van der Waals surface area contributed by atoms with E-state index in [0.717, 1.165) is 12.1 Å². The summed E-state index contributed by atoms with van der Waals surface area (Å²) in [4.78, 5) is 12.6. The molecule has 0 saturated heterocycles. The number of benzene rings is 2. The van der Waals surface area contributed by atoms with E-state index in [-0.39, 0.29) is 10.7 Å². The van der Waals surface area contributed by atoms with Crippen LogP contribution in [0.3, 0.4) is 0 Å². The Morgan fingerprint density at radius 2 is 1.78 bits per heavy atom. The monoisotopic (exact) mass is 393 g/mol. The third kappa shape index (κ3) is 3.83. The summed E-state index contributed by atoms with van der Waals surface area (Å²) < 4.78 is 40.9. The highest BCUT2D eigenvalue weighted by Gasteiger charge is 2.23. The molecule has 0 spiro atoms. The second-order valence-electron chi connectivity index (χ2n) is 6.01. The number of halogens is 4. The van der Waals surface area contributed by atoms with Gasteiger partial charge in [-0.15, -0.1) is 0 Å². The van der Waals surface area contributed by atoms with E-state index in [4.69, 9.17) is 11.6 Å². The van der Waals surface area contributed by atoms with Crippen molar-refractivity contribution in [3.8, 4) is 5.69 Å². The molecular formula is C19H15ClF3N3O. The van der Waals surface area contributed by atoms with Crippen LogP contribution in [0.15, 0.2) is 42.5 Å². The molecule has 1 aromatic heterocycles. The van der Waals surface area contributed by atoms with Gasteiger partial charge in [0.2, 0.25) is 0 Å². The molecule has 8 heteroatoms. The van der Waals surface area contributed by atoms with E-state index in [0.29, 0.717) is 16.9 Å². The molecule has 3 rings (SSSR count). The molecule has 0 aliphatic heterocycles. The number of amides is 1. The zero-order chi connectivity index (χ0) is 19.7. The summed E-state index contributed by atoms with van der Waals surface area (Å²) in [6.45, 7) is 3.25. The number of nitrogens with one attached hydrogen (secondary N) is 1. The van der Waals surface area contributed by atoms with Gasteiger partial charge in [0.15, 0.2) is 11.6 Å². The molecule has 0 aliphatic carbocycles. The number of rotatable bonds is 4. The van der Waals surface area contributed by atoms with Crippen LogP contribution >= 0.6 is 11.6 Å². The van der Waals surface area contributed by atoms with Crippen molar-refractivity contribution in [1.82, 2.24) is 15.1 Å². The zero-order valence-electron chi connectivity index (χ0n) is 14.4.